The van der Waals surface area contributed by atoms with E-state index in [2.05, 4.69) is 0 Å². The summed E-state index contributed by atoms with van der Waals surface area (Å²) in [5, 5.41) is 0. The summed E-state index contributed by atoms with van der Waals surface area (Å²) in [5.41, 5.74) is 0.0265. The molecule has 94 valence electrons. The summed E-state index contributed by atoms with van der Waals surface area (Å²) < 4.78 is 25.4. The number of carbonyl (C=O) groups is 1. The quantitative estimate of drug-likeness (QED) is 0.758. The number of rotatable bonds is 3. The highest BCUT2D eigenvalue weighted by Gasteiger charge is 2.27. The molecule has 0 atom stereocenters. The molecule has 0 aromatic heterocycles. The van der Waals surface area contributed by atoms with Crippen LogP contribution in [0, 0.1) is 5.41 Å². The number of ketones is 1. The van der Waals surface area contributed by atoms with Crippen molar-refractivity contribution in [3.8, 4) is 0 Å². The van der Waals surface area contributed by atoms with Gasteiger partial charge in [0.1, 0.15) is 5.78 Å². The van der Waals surface area contributed by atoms with E-state index < -0.39 is 10.0 Å². The van der Waals surface area contributed by atoms with Crippen molar-refractivity contribution >= 4 is 15.8 Å². The lowest BCUT2D eigenvalue weighted by Crippen LogP contribution is -2.40. The number of Topliss-reactive ketones (excluding diaryl/α,β-unsaturated/α-hetero) is 1. The predicted octanol–water partition coefficient (Wildman–Crippen LogP) is 1.42. The lowest BCUT2D eigenvalue weighted by atomic mass is 9.94. The first-order chi connectivity index (χ1) is 7.21. The highest BCUT2D eigenvalue weighted by Crippen LogP contribution is 2.21. The summed E-state index contributed by atoms with van der Waals surface area (Å²) in [7, 11) is -3.16. The van der Waals surface area contributed by atoms with E-state index >= 15 is 0 Å². The van der Waals surface area contributed by atoms with E-state index in [0.29, 0.717) is 32.4 Å². The van der Waals surface area contributed by atoms with Crippen molar-refractivity contribution in [1.29, 1.82) is 0 Å². The molecule has 16 heavy (non-hydrogen) atoms. The van der Waals surface area contributed by atoms with Gasteiger partial charge in [-0.3, -0.25) is 4.79 Å². The first kappa shape index (κ1) is 13.6. The molecule has 4 nitrogen and oxygen atoms in total. The first-order valence-electron chi connectivity index (χ1n) is 5.70. The maximum absolute atomic E-state index is 12.0. The van der Waals surface area contributed by atoms with Crippen LogP contribution in [0.1, 0.15) is 40.0 Å². The van der Waals surface area contributed by atoms with Crippen LogP contribution < -0.4 is 0 Å². The molecule has 5 heteroatoms. The van der Waals surface area contributed by atoms with Gasteiger partial charge in [-0.1, -0.05) is 20.8 Å². The Balaban J connectivity index is 2.54. The van der Waals surface area contributed by atoms with Crippen LogP contribution >= 0.6 is 0 Å². The molecule has 0 radical (unpaired) electrons. The number of hydrogen-bond donors (Lipinski definition) is 0. The van der Waals surface area contributed by atoms with Gasteiger partial charge in [0.05, 0.1) is 5.75 Å². The molecule has 0 saturated carbocycles. The molecule has 1 fully saturated rings. The van der Waals surface area contributed by atoms with Gasteiger partial charge >= 0.3 is 0 Å². The number of piperidine rings is 1. The molecule has 1 heterocycles. The zero-order valence-electron chi connectivity index (χ0n) is 10.3. The van der Waals surface area contributed by atoms with Crippen molar-refractivity contribution in [1.82, 2.24) is 4.31 Å². The molecule has 1 rings (SSSR count). The van der Waals surface area contributed by atoms with E-state index in [-0.39, 0.29) is 17.0 Å². The van der Waals surface area contributed by atoms with Gasteiger partial charge in [0.15, 0.2) is 0 Å². The van der Waals surface area contributed by atoms with Crippen LogP contribution in [-0.2, 0) is 14.8 Å². The molecule has 0 spiro atoms. The Hall–Kier alpha value is -0.420. The van der Waals surface area contributed by atoms with Gasteiger partial charge < -0.3 is 0 Å². The van der Waals surface area contributed by atoms with Crippen LogP contribution in [0.2, 0.25) is 0 Å². The summed E-state index contributed by atoms with van der Waals surface area (Å²) in [4.78, 5) is 11.0. The lowest BCUT2D eigenvalue weighted by Gasteiger charge is -2.27. The Bertz CT molecular complexity index is 344. The van der Waals surface area contributed by atoms with Gasteiger partial charge in [-0.25, -0.2) is 12.7 Å². The number of hydrogen-bond acceptors (Lipinski definition) is 3. The largest absolute Gasteiger partial charge is 0.300 e. The van der Waals surface area contributed by atoms with E-state index in [9.17, 15) is 13.2 Å². The van der Waals surface area contributed by atoms with Crippen molar-refractivity contribution in [3.05, 3.63) is 0 Å². The average molecular weight is 247 g/mol. The molecule has 0 N–H and O–H groups in total. The van der Waals surface area contributed by atoms with Crippen LogP contribution in [0.15, 0.2) is 0 Å². The van der Waals surface area contributed by atoms with Gasteiger partial charge in [-0.15, -0.1) is 0 Å². The van der Waals surface area contributed by atoms with Gasteiger partial charge in [0.2, 0.25) is 10.0 Å². The average Bonchev–Trinajstić information content (AvgIpc) is 2.15. The number of nitrogens with zero attached hydrogens (tertiary/aromatic N) is 1. The first-order valence-corrected chi connectivity index (χ1v) is 7.31. The second-order valence-electron chi connectivity index (χ2n) is 5.56. The van der Waals surface area contributed by atoms with Crippen LogP contribution in [0.4, 0.5) is 0 Å². The minimum absolute atomic E-state index is 0.0265. The number of sulfonamides is 1. The fourth-order valence-electron chi connectivity index (χ4n) is 1.58. The minimum Gasteiger partial charge on any atom is -0.300 e. The second-order valence-corrected chi connectivity index (χ2v) is 7.65. The molecule has 1 aliphatic rings. The van der Waals surface area contributed by atoms with Crippen LogP contribution in [0.3, 0.4) is 0 Å². The van der Waals surface area contributed by atoms with Crippen molar-refractivity contribution in [2.45, 2.75) is 40.0 Å². The Labute approximate surface area is 98.1 Å². The van der Waals surface area contributed by atoms with Crippen molar-refractivity contribution in [2.24, 2.45) is 5.41 Å². The topological polar surface area (TPSA) is 54.5 Å². The van der Waals surface area contributed by atoms with Gasteiger partial charge in [-0.2, -0.15) is 0 Å². The standard InChI is InChI=1S/C11H21NO3S/c1-11(2,3)6-9-16(14,15)12-7-4-10(13)5-8-12/h4-9H2,1-3H3. The zero-order valence-corrected chi connectivity index (χ0v) is 11.1. The summed E-state index contributed by atoms with van der Waals surface area (Å²) in [6.45, 7) is 6.82. The normalized spacial score (nSPS) is 20.1. The van der Waals surface area contributed by atoms with E-state index in [1.165, 1.54) is 4.31 Å². The van der Waals surface area contributed by atoms with Crippen LogP contribution in [-0.4, -0.2) is 37.3 Å². The van der Waals surface area contributed by atoms with Crippen molar-refractivity contribution in [2.75, 3.05) is 18.8 Å². The lowest BCUT2D eigenvalue weighted by molar-refractivity contribution is -0.120. The molecule has 0 aromatic carbocycles. The fraction of sp³-hybridized carbons (Fsp3) is 0.909. The van der Waals surface area contributed by atoms with Crippen molar-refractivity contribution < 1.29 is 13.2 Å². The third-order valence-electron chi connectivity index (χ3n) is 2.78. The molecule has 0 amide bonds. The molecule has 1 saturated heterocycles. The maximum Gasteiger partial charge on any atom is 0.214 e. The van der Waals surface area contributed by atoms with Gasteiger partial charge in [0, 0.05) is 25.9 Å². The molecular weight excluding hydrogens is 226 g/mol. The third-order valence-corrected chi connectivity index (χ3v) is 4.66. The minimum atomic E-state index is -3.16. The molecular formula is C11H21NO3S. The molecule has 0 aliphatic carbocycles. The SMILES string of the molecule is CC(C)(C)CCS(=O)(=O)N1CCC(=O)CC1. The van der Waals surface area contributed by atoms with E-state index in [0.717, 1.165) is 0 Å². The van der Waals surface area contributed by atoms with Crippen LogP contribution in [0.5, 0.6) is 0 Å². The predicted molar refractivity (Wildman–Crippen MR) is 63.7 cm³/mol. The highest BCUT2D eigenvalue weighted by atomic mass is 32.2. The van der Waals surface area contributed by atoms with Gasteiger partial charge in [0.25, 0.3) is 0 Å². The summed E-state index contributed by atoms with van der Waals surface area (Å²) >= 11 is 0. The van der Waals surface area contributed by atoms with Gasteiger partial charge in [-0.05, 0) is 11.8 Å². The zero-order chi connectivity index (χ0) is 12.4. The molecule has 0 bridgehead atoms. The monoisotopic (exact) mass is 247 g/mol. The summed E-state index contributed by atoms with van der Waals surface area (Å²) in [6, 6.07) is 0. The molecule has 1 aliphatic heterocycles. The van der Waals surface area contributed by atoms with E-state index in [1.54, 1.807) is 0 Å². The fourth-order valence-corrected chi connectivity index (χ4v) is 3.45. The van der Waals surface area contributed by atoms with E-state index in [1.807, 2.05) is 20.8 Å². The third kappa shape index (κ3) is 4.22. The Morgan fingerprint density at radius 3 is 2.12 bits per heavy atom. The molecule has 0 unspecified atom stereocenters. The summed E-state index contributed by atoms with van der Waals surface area (Å²) in [5.74, 6) is 0.354. The Morgan fingerprint density at radius 2 is 1.69 bits per heavy atom. The Morgan fingerprint density at radius 1 is 1.19 bits per heavy atom. The van der Waals surface area contributed by atoms with E-state index in [4.69, 9.17) is 0 Å². The Kier molecular flexibility index (Phi) is 4.12. The van der Waals surface area contributed by atoms with Crippen molar-refractivity contribution in [3.63, 3.8) is 0 Å². The number of carbonyl (C=O) groups excluding carboxylic acids is 1. The second kappa shape index (κ2) is 4.84. The highest BCUT2D eigenvalue weighted by molar-refractivity contribution is 7.89. The molecule has 0 aromatic rings. The van der Waals surface area contributed by atoms with Crippen LogP contribution in [0.25, 0.3) is 0 Å². The summed E-state index contributed by atoms with van der Waals surface area (Å²) in [6.07, 6.45) is 1.39. The smallest absolute Gasteiger partial charge is 0.214 e. The maximum atomic E-state index is 12.0.